The van der Waals surface area contributed by atoms with E-state index in [-0.39, 0.29) is 5.91 Å². The van der Waals surface area contributed by atoms with Gasteiger partial charge in [-0.05, 0) is 55.4 Å². The summed E-state index contributed by atoms with van der Waals surface area (Å²) in [7, 11) is 0. The first kappa shape index (κ1) is 17.7. The second-order valence-corrected chi connectivity index (χ2v) is 7.80. The van der Waals surface area contributed by atoms with Gasteiger partial charge in [0.05, 0.1) is 5.41 Å². The Bertz CT molecular complexity index is 891. The predicted octanol–water partition coefficient (Wildman–Crippen LogP) is 3.02. The van der Waals surface area contributed by atoms with Gasteiger partial charge < -0.3 is 4.90 Å². The summed E-state index contributed by atoms with van der Waals surface area (Å²) in [6.07, 6.45) is 2.97. The topological polar surface area (TPSA) is 69.6 Å². The Kier molecular flexibility index (Phi) is 4.48. The van der Waals surface area contributed by atoms with E-state index in [0.29, 0.717) is 18.5 Å². The molecule has 0 bridgehead atoms. The Hall–Kier alpha value is -2.66. The zero-order valence-corrected chi connectivity index (χ0v) is 15.5. The highest BCUT2D eigenvalue weighted by Gasteiger charge is 2.48. The molecule has 2 aromatic carbocycles. The van der Waals surface area contributed by atoms with E-state index in [9.17, 15) is 9.59 Å². The summed E-state index contributed by atoms with van der Waals surface area (Å²) in [4.78, 5) is 27.3. The molecule has 0 aromatic heterocycles. The number of likely N-dealkylation sites (tertiary alicyclic amines) is 1. The number of amides is 2. The summed E-state index contributed by atoms with van der Waals surface area (Å²) < 4.78 is 0. The van der Waals surface area contributed by atoms with Crippen molar-refractivity contribution in [2.45, 2.75) is 39.2 Å². The Balaban J connectivity index is 1.58. The third-order valence-electron chi connectivity index (χ3n) is 6.10. The Morgan fingerprint density at radius 1 is 1.19 bits per heavy atom. The van der Waals surface area contributed by atoms with Crippen LogP contribution in [0.1, 0.15) is 45.5 Å². The molecule has 1 aliphatic heterocycles. The predicted molar refractivity (Wildman–Crippen MR) is 101 cm³/mol. The molecular weight excluding hydrogens is 340 g/mol. The number of benzene rings is 2. The number of nitrogens with zero attached hydrogens (tertiary/aromatic N) is 1. The summed E-state index contributed by atoms with van der Waals surface area (Å²) in [6, 6.07) is 13.9. The third kappa shape index (κ3) is 3.12. The summed E-state index contributed by atoms with van der Waals surface area (Å²) >= 11 is 0. The van der Waals surface area contributed by atoms with Crippen molar-refractivity contribution in [1.29, 1.82) is 0 Å². The van der Waals surface area contributed by atoms with Crippen molar-refractivity contribution in [2.75, 3.05) is 6.54 Å². The molecule has 1 atom stereocenters. The minimum atomic E-state index is -0.508. The fourth-order valence-electron chi connectivity index (χ4n) is 4.50. The highest BCUT2D eigenvalue weighted by molar-refractivity contribution is 5.96. The lowest BCUT2D eigenvalue weighted by molar-refractivity contribution is -0.137. The van der Waals surface area contributed by atoms with Crippen molar-refractivity contribution in [3.63, 3.8) is 0 Å². The standard InChI is InChI=1S/C22H24N2O3/c1-15-5-7-16(8-6-15)14-24-12-11-22(21(24)26)10-9-17-3-2-4-18(19(17)13-22)20(25)23-27/h2-8,27H,9-14H2,1H3,(H,23,25). The fourth-order valence-corrected chi connectivity index (χ4v) is 4.50. The van der Waals surface area contributed by atoms with Crippen LogP contribution in [0.15, 0.2) is 42.5 Å². The number of fused-ring (bicyclic) bond motifs is 1. The molecule has 1 fully saturated rings. The first-order valence-corrected chi connectivity index (χ1v) is 9.42. The molecule has 140 valence electrons. The van der Waals surface area contributed by atoms with Crippen LogP contribution >= 0.6 is 0 Å². The van der Waals surface area contributed by atoms with Gasteiger partial charge in [-0.25, -0.2) is 5.48 Å². The average Bonchev–Trinajstić information content (AvgIpc) is 2.98. The summed E-state index contributed by atoms with van der Waals surface area (Å²) in [5.74, 6) is -0.321. The number of hydrogen-bond donors (Lipinski definition) is 2. The average molecular weight is 364 g/mol. The van der Waals surface area contributed by atoms with Crippen molar-refractivity contribution in [2.24, 2.45) is 5.41 Å². The van der Waals surface area contributed by atoms with E-state index in [2.05, 4.69) is 31.2 Å². The smallest absolute Gasteiger partial charge is 0.274 e. The largest absolute Gasteiger partial charge is 0.338 e. The van der Waals surface area contributed by atoms with Crippen LogP contribution in [0.2, 0.25) is 0 Å². The molecule has 1 spiro atoms. The van der Waals surface area contributed by atoms with Gasteiger partial charge in [0.15, 0.2) is 0 Å². The molecule has 1 unspecified atom stereocenters. The molecule has 1 saturated heterocycles. The van der Waals surface area contributed by atoms with Gasteiger partial charge >= 0.3 is 0 Å². The van der Waals surface area contributed by atoms with E-state index in [4.69, 9.17) is 5.21 Å². The molecular formula is C22H24N2O3. The van der Waals surface area contributed by atoms with E-state index >= 15 is 0 Å². The summed E-state index contributed by atoms with van der Waals surface area (Å²) in [5.41, 5.74) is 6.14. The van der Waals surface area contributed by atoms with Gasteiger partial charge in [0.2, 0.25) is 5.91 Å². The number of hydroxylamine groups is 1. The van der Waals surface area contributed by atoms with Crippen LogP contribution in [0.25, 0.3) is 0 Å². The van der Waals surface area contributed by atoms with Gasteiger partial charge in [-0.1, -0.05) is 42.0 Å². The first-order valence-electron chi connectivity index (χ1n) is 9.42. The Morgan fingerprint density at radius 3 is 2.70 bits per heavy atom. The molecule has 2 N–H and O–H groups in total. The first-order chi connectivity index (χ1) is 13.0. The molecule has 2 aromatic rings. The lowest BCUT2D eigenvalue weighted by atomic mass is 9.69. The highest BCUT2D eigenvalue weighted by Crippen LogP contribution is 2.44. The maximum Gasteiger partial charge on any atom is 0.274 e. The second kappa shape index (κ2) is 6.82. The Labute approximate surface area is 159 Å². The molecule has 4 rings (SSSR count). The minimum Gasteiger partial charge on any atom is -0.338 e. The minimum absolute atomic E-state index is 0.188. The van der Waals surface area contributed by atoms with Crippen LogP contribution in [0, 0.1) is 12.3 Å². The fraction of sp³-hybridized carbons (Fsp3) is 0.364. The van der Waals surface area contributed by atoms with E-state index in [1.807, 2.05) is 17.0 Å². The third-order valence-corrected chi connectivity index (χ3v) is 6.10. The SMILES string of the molecule is Cc1ccc(CN2CCC3(CCc4cccc(C(=O)NO)c4C3)C2=O)cc1. The molecule has 2 amide bonds. The molecule has 1 aliphatic carbocycles. The van der Waals surface area contributed by atoms with Crippen LogP contribution in [0.5, 0.6) is 0 Å². The van der Waals surface area contributed by atoms with Crippen LogP contribution in [-0.2, 0) is 24.2 Å². The van der Waals surface area contributed by atoms with Crippen LogP contribution < -0.4 is 5.48 Å². The second-order valence-electron chi connectivity index (χ2n) is 7.80. The van der Waals surface area contributed by atoms with Gasteiger partial charge in [-0.15, -0.1) is 0 Å². The summed E-state index contributed by atoms with van der Waals surface area (Å²) in [6.45, 7) is 3.43. The van der Waals surface area contributed by atoms with Gasteiger partial charge in [0.1, 0.15) is 0 Å². The van der Waals surface area contributed by atoms with Gasteiger partial charge in [-0.3, -0.25) is 14.8 Å². The Morgan fingerprint density at radius 2 is 1.96 bits per heavy atom. The molecule has 2 aliphatic rings. The quantitative estimate of drug-likeness (QED) is 0.650. The van der Waals surface area contributed by atoms with Crippen LogP contribution in [0.4, 0.5) is 0 Å². The monoisotopic (exact) mass is 364 g/mol. The number of hydrogen-bond acceptors (Lipinski definition) is 3. The molecule has 5 nitrogen and oxygen atoms in total. The van der Waals surface area contributed by atoms with Crippen LogP contribution in [-0.4, -0.2) is 28.5 Å². The number of rotatable bonds is 3. The van der Waals surface area contributed by atoms with E-state index in [1.165, 1.54) is 5.56 Å². The van der Waals surface area contributed by atoms with Crippen molar-refractivity contribution in [3.05, 3.63) is 70.3 Å². The van der Waals surface area contributed by atoms with E-state index < -0.39 is 11.3 Å². The van der Waals surface area contributed by atoms with Crippen molar-refractivity contribution < 1.29 is 14.8 Å². The lowest BCUT2D eigenvalue weighted by Crippen LogP contribution is -2.39. The van der Waals surface area contributed by atoms with Crippen molar-refractivity contribution >= 4 is 11.8 Å². The number of carbonyl (C=O) groups excluding carboxylic acids is 2. The molecule has 1 heterocycles. The van der Waals surface area contributed by atoms with Gasteiger partial charge in [0, 0.05) is 18.7 Å². The van der Waals surface area contributed by atoms with Crippen molar-refractivity contribution in [3.8, 4) is 0 Å². The maximum atomic E-state index is 13.3. The molecule has 27 heavy (non-hydrogen) atoms. The maximum absolute atomic E-state index is 13.3. The highest BCUT2D eigenvalue weighted by atomic mass is 16.5. The molecule has 0 saturated carbocycles. The van der Waals surface area contributed by atoms with Crippen molar-refractivity contribution in [1.82, 2.24) is 10.4 Å². The zero-order chi connectivity index (χ0) is 19.0. The molecule has 5 heteroatoms. The normalized spacial score (nSPS) is 21.4. The summed E-state index contributed by atoms with van der Waals surface area (Å²) in [5, 5.41) is 9.05. The van der Waals surface area contributed by atoms with Gasteiger partial charge in [0.25, 0.3) is 5.91 Å². The molecule has 0 radical (unpaired) electrons. The van der Waals surface area contributed by atoms with Gasteiger partial charge in [-0.2, -0.15) is 0 Å². The number of aryl methyl sites for hydroxylation is 2. The number of carbonyl (C=O) groups is 2. The zero-order valence-electron chi connectivity index (χ0n) is 15.5. The lowest BCUT2D eigenvalue weighted by Gasteiger charge is -2.34. The van der Waals surface area contributed by atoms with E-state index in [1.54, 1.807) is 11.5 Å². The van der Waals surface area contributed by atoms with E-state index in [0.717, 1.165) is 42.5 Å². The number of nitrogens with one attached hydrogen (secondary N) is 1. The van der Waals surface area contributed by atoms with Crippen LogP contribution in [0.3, 0.4) is 0 Å².